The average molecular weight is 261 g/mol. The fourth-order valence-corrected chi connectivity index (χ4v) is 1.55. The molecule has 2 rings (SSSR count). The predicted octanol–water partition coefficient (Wildman–Crippen LogP) is 2.16. The summed E-state index contributed by atoms with van der Waals surface area (Å²) >= 11 is 0. The first-order valence-electron chi connectivity index (χ1n) is 6.42. The first kappa shape index (κ1) is 13.5. The van der Waals surface area contributed by atoms with Crippen LogP contribution >= 0.6 is 0 Å². The van der Waals surface area contributed by atoms with Crippen molar-refractivity contribution in [3.8, 4) is 11.6 Å². The second-order valence-corrected chi connectivity index (χ2v) is 4.48. The maximum atomic E-state index is 5.65. The zero-order valence-electron chi connectivity index (χ0n) is 11.5. The summed E-state index contributed by atoms with van der Waals surface area (Å²) in [7, 11) is 0. The first-order chi connectivity index (χ1) is 9.19. The van der Waals surface area contributed by atoms with Crippen molar-refractivity contribution in [1.29, 1.82) is 0 Å². The normalized spacial score (nSPS) is 10.9. The number of nitrogens with one attached hydrogen (secondary N) is 1. The molecule has 19 heavy (non-hydrogen) atoms. The van der Waals surface area contributed by atoms with Crippen LogP contribution in [0.25, 0.3) is 0 Å². The molecule has 0 aliphatic heterocycles. The molecule has 0 spiro atoms. The highest BCUT2D eigenvalue weighted by atomic mass is 16.5. The molecule has 0 saturated heterocycles. The Bertz CT molecular complexity index is 523. The SMILES string of the molecule is CCNCc1cncc(Oc2cnn(C(C)C)c2)n1. The maximum Gasteiger partial charge on any atom is 0.238 e. The van der Waals surface area contributed by atoms with Gasteiger partial charge >= 0.3 is 0 Å². The van der Waals surface area contributed by atoms with Gasteiger partial charge in [-0.2, -0.15) is 5.10 Å². The molecule has 0 bridgehead atoms. The predicted molar refractivity (Wildman–Crippen MR) is 72.1 cm³/mol. The summed E-state index contributed by atoms with van der Waals surface area (Å²) in [5.74, 6) is 1.15. The second kappa shape index (κ2) is 6.29. The Morgan fingerprint density at radius 3 is 2.84 bits per heavy atom. The van der Waals surface area contributed by atoms with Crippen LogP contribution in [0.1, 0.15) is 32.5 Å². The molecule has 2 heterocycles. The number of aromatic nitrogens is 4. The molecule has 1 N–H and O–H groups in total. The molecule has 2 aromatic heterocycles. The van der Waals surface area contributed by atoms with Gasteiger partial charge in [0.15, 0.2) is 5.75 Å². The Morgan fingerprint density at radius 1 is 1.32 bits per heavy atom. The maximum absolute atomic E-state index is 5.65. The van der Waals surface area contributed by atoms with E-state index in [1.807, 2.05) is 17.8 Å². The monoisotopic (exact) mass is 261 g/mol. The summed E-state index contributed by atoms with van der Waals surface area (Å²) in [6.07, 6.45) is 6.86. The van der Waals surface area contributed by atoms with Crippen molar-refractivity contribution in [2.75, 3.05) is 6.54 Å². The molecule has 0 fully saturated rings. The van der Waals surface area contributed by atoms with Crippen LogP contribution in [0.2, 0.25) is 0 Å². The van der Waals surface area contributed by atoms with Gasteiger partial charge in [0.25, 0.3) is 0 Å². The van der Waals surface area contributed by atoms with E-state index in [4.69, 9.17) is 4.74 Å². The summed E-state index contributed by atoms with van der Waals surface area (Å²) in [6.45, 7) is 7.76. The van der Waals surface area contributed by atoms with E-state index in [1.165, 1.54) is 0 Å². The van der Waals surface area contributed by atoms with Gasteiger partial charge in [0.05, 0.1) is 24.3 Å². The van der Waals surface area contributed by atoms with Crippen molar-refractivity contribution < 1.29 is 4.74 Å². The van der Waals surface area contributed by atoms with Crippen LogP contribution in [0.4, 0.5) is 0 Å². The summed E-state index contributed by atoms with van der Waals surface area (Å²) in [5, 5.41) is 7.42. The quantitative estimate of drug-likeness (QED) is 0.863. The second-order valence-electron chi connectivity index (χ2n) is 4.48. The highest BCUT2D eigenvalue weighted by Crippen LogP contribution is 2.19. The average Bonchev–Trinajstić information content (AvgIpc) is 2.85. The van der Waals surface area contributed by atoms with Crippen molar-refractivity contribution in [3.05, 3.63) is 30.5 Å². The van der Waals surface area contributed by atoms with Gasteiger partial charge in [-0.05, 0) is 20.4 Å². The lowest BCUT2D eigenvalue weighted by Crippen LogP contribution is -2.13. The number of ether oxygens (including phenoxy) is 1. The van der Waals surface area contributed by atoms with Crippen LogP contribution in [0, 0.1) is 0 Å². The lowest BCUT2D eigenvalue weighted by molar-refractivity contribution is 0.453. The third-order valence-electron chi connectivity index (χ3n) is 2.55. The third kappa shape index (κ3) is 3.75. The molecule has 0 aromatic carbocycles. The Labute approximate surface area is 112 Å². The van der Waals surface area contributed by atoms with Crippen molar-refractivity contribution in [2.45, 2.75) is 33.4 Å². The van der Waals surface area contributed by atoms with Gasteiger partial charge in [-0.15, -0.1) is 0 Å². The van der Waals surface area contributed by atoms with E-state index in [0.717, 1.165) is 12.2 Å². The minimum atomic E-state index is 0.309. The molecule has 0 aliphatic rings. The lowest BCUT2D eigenvalue weighted by Gasteiger charge is -2.05. The van der Waals surface area contributed by atoms with Gasteiger partial charge in [-0.3, -0.25) is 9.67 Å². The van der Waals surface area contributed by atoms with Gasteiger partial charge in [-0.1, -0.05) is 6.92 Å². The van der Waals surface area contributed by atoms with E-state index in [-0.39, 0.29) is 0 Å². The van der Waals surface area contributed by atoms with E-state index in [2.05, 4.69) is 34.2 Å². The molecular weight excluding hydrogens is 242 g/mol. The van der Waals surface area contributed by atoms with E-state index < -0.39 is 0 Å². The van der Waals surface area contributed by atoms with Crippen molar-refractivity contribution >= 4 is 0 Å². The Kier molecular flexibility index (Phi) is 4.46. The van der Waals surface area contributed by atoms with Gasteiger partial charge in [0.1, 0.15) is 0 Å². The summed E-state index contributed by atoms with van der Waals surface area (Å²) in [4.78, 5) is 8.50. The molecule has 0 saturated carbocycles. The molecule has 0 unspecified atom stereocenters. The molecule has 102 valence electrons. The lowest BCUT2D eigenvalue weighted by atomic mass is 10.4. The minimum absolute atomic E-state index is 0.309. The Morgan fingerprint density at radius 2 is 2.16 bits per heavy atom. The van der Waals surface area contributed by atoms with Gasteiger partial charge in [0.2, 0.25) is 5.88 Å². The van der Waals surface area contributed by atoms with E-state index >= 15 is 0 Å². The molecular formula is C13H19N5O. The first-order valence-corrected chi connectivity index (χ1v) is 6.42. The van der Waals surface area contributed by atoms with Crippen LogP contribution in [-0.2, 0) is 6.54 Å². The van der Waals surface area contributed by atoms with Crippen LogP contribution in [0.3, 0.4) is 0 Å². The summed E-state index contributed by atoms with van der Waals surface area (Å²) < 4.78 is 7.48. The number of hydrogen-bond donors (Lipinski definition) is 1. The fourth-order valence-electron chi connectivity index (χ4n) is 1.55. The molecule has 6 nitrogen and oxygen atoms in total. The van der Waals surface area contributed by atoms with E-state index in [0.29, 0.717) is 24.2 Å². The van der Waals surface area contributed by atoms with Crippen molar-refractivity contribution in [1.82, 2.24) is 25.1 Å². The van der Waals surface area contributed by atoms with Crippen LogP contribution < -0.4 is 10.1 Å². The number of nitrogens with zero attached hydrogens (tertiary/aromatic N) is 4. The van der Waals surface area contributed by atoms with Crippen LogP contribution in [0.5, 0.6) is 11.6 Å². The molecule has 6 heteroatoms. The zero-order valence-corrected chi connectivity index (χ0v) is 11.5. The summed E-state index contributed by atoms with van der Waals surface area (Å²) in [5.41, 5.74) is 0.857. The number of rotatable bonds is 6. The standard InChI is InChI=1S/C13H19N5O/c1-4-14-5-11-6-15-8-13(17-11)19-12-7-16-18(9-12)10(2)3/h6-10,14H,4-5H2,1-3H3. The topological polar surface area (TPSA) is 64.9 Å². The largest absolute Gasteiger partial charge is 0.434 e. The Balaban J connectivity index is 2.05. The smallest absolute Gasteiger partial charge is 0.238 e. The van der Waals surface area contributed by atoms with Gasteiger partial charge in [0, 0.05) is 18.8 Å². The zero-order chi connectivity index (χ0) is 13.7. The molecule has 0 radical (unpaired) electrons. The van der Waals surface area contributed by atoms with Crippen molar-refractivity contribution in [3.63, 3.8) is 0 Å². The van der Waals surface area contributed by atoms with Crippen molar-refractivity contribution in [2.24, 2.45) is 0 Å². The molecule has 2 aromatic rings. The highest BCUT2D eigenvalue weighted by Gasteiger charge is 2.05. The molecule has 0 aliphatic carbocycles. The highest BCUT2D eigenvalue weighted by molar-refractivity contribution is 5.20. The van der Waals surface area contributed by atoms with E-state index in [1.54, 1.807) is 18.6 Å². The third-order valence-corrected chi connectivity index (χ3v) is 2.55. The minimum Gasteiger partial charge on any atom is -0.434 e. The number of hydrogen-bond acceptors (Lipinski definition) is 5. The molecule has 0 amide bonds. The summed E-state index contributed by atoms with van der Waals surface area (Å²) in [6, 6.07) is 0.309. The van der Waals surface area contributed by atoms with Gasteiger partial charge in [-0.25, -0.2) is 4.98 Å². The van der Waals surface area contributed by atoms with Gasteiger partial charge < -0.3 is 10.1 Å². The van der Waals surface area contributed by atoms with E-state index in [9.17, 15) is 0 Å². The van der Waals surface area contributed by atoms with Crippen LogP contribution in [0.15, 0.2) is 24.8 Å². The Hall–Kier alpha value is -1.95. The fraction of sp³-hybridized carbons (Fsp3) is 0.462. The molecule has 0 atom stereocenters. The van der Waals surface area contributed by atoms with Crippen LogP contribution in [-0.4, -0.2) is 26.3 Å².